The third-order valence-corrected chi connectivity index (χ3v) is 7.30. The van der Waals surface area contributed by atoms with E-state index in [2.05, 4.69) is 0 Å². The largest absolute Gasteiger partial charge is 0.497 e. The molecule has 3 aromatic rings. The number of hydrogen-bond donors (Lipinski definition) is 0. The molecule has 0 spiro atoms. The second kappa shape index (κ2) is 12.2. The number of amides is 2. The van der Waals surface area contributed by atoms with Gasteiger partial charge in [0, 0.05) is 25.6 Å². The number of ether oxygens (including phenoxy) is 3. The molecule has 8 nitrogen and oxygen atoms in total. The molecule has 0 saturated carbocycles. The van der Waals surface area contributed by atoms with Gasteiger partial charge in [-0.05, 0) is 41.8 Å². The van der Waals surface area contributed by atoms with Gasteiger partial charge in [0.1, 0.15) is 18.0 Å². The number of hydrogen-bond acceptors (Lipinski definition) is 7. The molecule has 2 amide bonds. The topological polar surface area (TPSA) is 80.7 Å². The van der Waals surface area contributed by atoms with Crippen LogP contribution in [0.1, 0.15) is 33.3 Å². The van der Waals surface area contributed by atoms with Crippen LogP contribution in [0.5, 0.6) is 11.5 Å². The smallest absolute Gasteiger partial charge is 0.262 e. The van der Waals surface area contributed by atoms with Gasteiger partial charge in [0.25, 0.3) is 11.8 Å². The number of halogens is 1. The molecular weight excluding hydrogens is 514 g/mol. The van der Waals surface area contributed by atoms with Crippen LogP contribution in [0.3, 0.4) is 0 Å². The summed E-state index contributed by atoms with van der Waals surface area (Å²) >= 11 is 7.84. The lowest BCUT2D eigenvalue weighted by atomic mass is 9.99. The maximum atomic E-state index is 13.8. The zero-order valence-electron chi connectivity index (χ0n) is 20.8. The van der Waals surface area contributed by atoms with Crippen LogP contribution in [-0.2, 0) is 9.53 Å². The van der Waals surface area contributed by atoms with Gasteiger partial charge in [0.05, 0.1) is 48.0 Å². The van der Waals surface area contributed by atoms with Gasteiger partial charge in [0.15, 0.2) is 0 Å². The maximum Gasteiger partial charge on any atom is 0.262 e. The maximum absolute atomic E-state index is 13.8. The molecule has 1 aromatic heterocycles. The van der Waals surface area contributed by atoms with Crippen molar-refractivity contribution in [1.82, 2.24) is 9.91 Å². The Morgan fingerprint density at radius 1 is 1.11 bits per heavy atom. The van der Waals surface area contributed by atoms with Crippen molar-refractivity contribution in [3.63, 3.8) is 0 Å². The summed E-state index contributed by atoms with van der Waals surface area (Å²) in [6.45, 7) is 0.284. The quantitative estimate of drug-likeness (QED) is 0.365. The van der Waals surface area contributed by atoms with Gasteiger partial charge in [-0.15, -0.1) is 11.3 Å². The number of rotatable bonds is 10. The molecule has 194 valence electrons. The number of benzene rings is 2. The second-order valence-corrected chi connectivity index (χ2v) is 9.64. The molecule has 0 bridgehead atoms. The van der Waals surface area contributed by atoms with Crippen molar-refractivity contribution in [3.8, 4) is 11.5 Å². The Kier molecular flexibility index (Phi) is 8.81. The summed E-state index contributed by atoms with van der Waals surface area (Å²) in [5.74, 6) is 0.573. The van der Waals surface area contributed by atoms with Crippen molar-refractivity contribution >= 4 is 40.5 Å². The summed E-state index contributed by atoms with van der Waals surface area (Å²) in [5, 5.41) is 8.46. The molecule has 2 aromatic carbocycles. The molecule has 1 atom stereocenters. The lowest BCUT2D eigenvalue weighted by Crippen LogP contribution is -2.43. The summed E-state index contributed by atoms with van der Waals surface area (Å²) in [5.41, 5.74) is 1.88. The van der Waals surface area contributed by atoms with Crippen molar-refractivity contribution in [2.24, 2.45) is 5.10 Å². The Morgan fingerprint density at radius 3 is 2.59 bits per heavy atom. The Bertz CT molecular complexity index is 1280. The van der Waals surface area contributed by atoms with E-state index < -0.39 is 6.04 Å². The SMILES string of the molecule is COCCN(CC(=O)N1N=C(c2cccs2)CC1c1cc(OC)ccc1OC)C(=O)c1ccccc1Cl. The molecule has 4 rings (SSSR count). The highest BCUT2D eigenvalue weighted by Crippen LogP contribution is 2.40. The average Bonchev–Trinajstić information content (AvgIpc) is 3.61. The van der Waals surface area contributed by atoms with Crippen LogP contribution in [-0.4, -0.2) is 68.5 Å². The highest BCUT2D eigenvalue weighted by Gasteiger charge is 2.36. The molecule has 0 N–H and O–H groups in total. The minimum absolute atomic E-state index is 0.197. The fraction of sp³-hybridized carbons (Fsp3) is 0.296. The van der Waals surface area contributed by atoms with Crippen LogP contribution in [0.2, 0.25) is 5.02 Å². The summed E-state index contributed by atoms with van der Waals surface area (Å²) in [7, 11) is 4.72. The van der Waals surface area contributed by atoms with E-state index in [-0.39, 0.29) is 31.5 Å². The second-order valence-electron chi connectivity index (χ2n) is 8.29. The average molecular weight is 542 g/mol. The van der Waals surface area contributed by atoms with E-state index in [1.807, 2.05) is 29.6 Å². The molecule has 2 heterocycles. The fourth-order valence-corrected chi connectivity index (χ4v) is 5.11. The predicted molar refractivity (Wildman–Crippen MR) is 144 cm³/mol. The van der Waals surface area contributed by atoms with Crippen LogP contribution in [0.25, 0.3) is 0 Å². The molecule has 10 heteroatoms. The molecule has 1 aliphatic rings. The Balaban J connectivity index is 1.68. The molecule has 0 aliphatic carbocycles. The van der Waals surface area contributed by atoms with E-state index in [9.17, 15) is 9.59 Å². The monoisotopic (exact) mass is 541 g/mol. The summed E-state index contributed by atoms with van der Waals surface area (Å²) < 4.78 is 16.3. The Labute approximate surface area is 225 Å². The van der Waals surface area contributed by atoms with Crippen molar-refractivity contribution in [3.05, 3.63) is 81.0 Å². The van der Waals surface area contributed by atoms with E-state index in [4.69, 9.17) is 30.9 Å². The lowest BCUT2D eigenvalue weighted by Gasteiger charge is -2.28. The lowest BCUT2D eigenvalue weighted by molar-refractivity contribution is -0.133. The van der Waals surface area contributed by atoms with Crippen LogP contribution < -0.4 is 9.47 Å². The van der Waals surface area contributed by atoms with Crippen molar-refractivity contribution in [2.45, 2.75) is 12.5 Å². The number of carbonyl (C=O) groups excluding carboxylic acids is 2. The zero-order chi connectivity index (χ0) is 26.4. The van der Waals surface area contributed by atoms with Gasteiger partial charge in [-0.25, -0.2) is 5.01 Å². The third kappa shape index (κ3) is 5.95. The third-order valence-electron chi connectivity index (χ3n) is 6.05. The highest BCUT2D eigenvalue weighted by molar-refractivity contribution is 7.12. The molecule has 0 fully saturated rings. The summed E-state index contributed by atoms with van der Waals surface area (Å²) in [4.78, 5) is 29.5. The number of methoxy groups -OCH3 is 3. The van der Waals surface area contributed by atoms with Gasteiger partial charge >= 0.3 is 0 Å². The predicted octanol–water partition coefficient (Wildman–Crippen LogP) is 4.89. The minimum atomic E-state index is -0.436. The fourth-order valence-electron chi connectivity index (χ4n) is 4.17. The number of carbonyl (C=O) groups is 2. The molecule has 1 aliphatic heterocycles. The van der Waals surface area contributed by atoms with Crippen molar-refractivity contribution in [2.75, 3.05) is 41.0 Å². The van der Waals surface area contributed by atoms with E-state index in [0.717, 1.165) is 16.2 Å². The molecule has 37 heavy (non-hydrogen) atoms. The van der Waals surface area contributed by atoms with Gasteiger partial charge in [-0.2, -0.15) is 5.10 Å². The van der Waals surface area contributed by atoms with Crippen molar-refractivity contribution in [1.29, 1.82) is 0 Å². The Morgan fingerprint density at radius 2 is 1.92 bits per heavy atom. The Hall–Kier alpha value is -3.40. The molecule has 0 saturated heterocycles. The number of nitrogens with zero attached hydrogens (tertiary/aromatic N) is 3. The summed E-state index contributed by atoms with van der Waals surface area (Å²) in [6.07, 6.45) is 0.492. The highest BCUT2D eigenvalue weighted by atomic mass is 35.5. The van der Waals surface area contributed by atoms with Gasteiger partial charge in [-0.3, -0.25) is 9.59 Å². The molecule has 0 radical (unpaired) electrons. The van der Waals surface area contributed by atoms with E-state index in [1.54, 1.807) is 63.0 Å². The van der Waals surface area contributed by atoms with Gasteiger partial charge in [-0.1, -0.05) is 29.8 Å². The first-order chi connectivity index (χ1) is 18.0. The van der Waals surface area contributed by atoms with Gasteiger partial charge < -0.3 is 19.1 Å². The van der Waals surface area contributed by atoms with E-state index >= 15 is 0 Å². The zero-order valence-corrected chi connectivity index (χ0v) is 22.4. The van der Waals surface area contributed by atoms with E-state index in [0.29, 0.717) is 28.5 Å². The summed E-state index contributed by atoms with van der Waals surface area (Å²) in [6, 6.07) is 15.7. The first kappa shape index (κ1) is 26.7. The molecular formula is C27H28ClN3O5S. The number of thiophene rings is 1. The van der Waals surface area contributed by atoms with Gasteiger partial charge in [0.2, 0.25) is 0 Å². The first-order valence-corrected chi connectivity index (χ1v) is 12.9. The number of hydrazone groups is 1. The standard InChI is InChI=1S/C27H28ClN3O5S/c1-34-13-12-30(27(33)19-7-4-5-8-21(19)28)17-26(32)31-23(16-22(29-31)25-9-6-14-37-25)20-15-18(35-2)10-11-24(20)36-3/h4-11,14-15,23H,12-13,16-17H2,1-3H3. The van der Waals surface area contributed by atoms with Crippen LogP contribution in [0.15, 0.2) is 65.1 Å². The molecule has 1 unspecified atom stereocenters. The van der Waals surface area contributed by atoms with Crippen molar-refractivity contribution < 1.29 is 23.8 Å². The van der Waals surface area contributed by atoms with Crippen LogP contribution >= 0.6 is 22.9 Å². The van der Waals surface area contributed by atoms with E-state index in [1.165, 1.54) is 9.91 Å². The minimum Gasteiger partial charge on any atom is -0.497 e. The van der Waals surface area contributed by atoms with Crippen LogP contribution in [0.4, 0.5) is 0 Å². The van der Waals surface area contributed by atoms with Crippen LogP contribution in [0, 0.1) is 0 Å². The first-order valence-electron chi connectivity index (χ1n) is 11.6. The normalized spacial score (nSPS) is 14.9.